The molecule has 1 atom stereocenters. The molecule has 20 heavy (non-hydrogen) atoms. The molecule has 1 fully saturated rings. The number of hydrogen-bond acceptors (Lipinski definition) is 3. The standard InChI is InChI=1S/C17H24N2S/c1-2-18-11-15-7-5-6-10-19(15)12-14-13-20-17-9-4-3-8-16(14)17/h3-4,8-9,13,15,18H,2,5-7,10-12H2,1H3. The number of nitrogens with zero attached hydrogens (tertiary/aromatic N) is 1. The van der Waals surface area contributed by atoms with Gasteiger partial charge in [0.2, 0.25) is 0 Å². The minimum atomic E-state index is 0.711. The highest BCUT2D eigenvalue weighted by atomic mass is 32.1. The number of likely N-dealkylation sites (N-methyl/N-ethyl adjacent to an activating group) is 1. The zero-order valence-corrected chi connectivity index (χ0v) is 13.1. The van der Waals surface area contributed by atoms with E-state index in [1.54, 1.807) is 0 Å². The Morgan fingerprint density at radius 2 is 2.20 bits per heavy atom. The Morgan fingerprint density at radius 1 is 1.30 bits per heavy atom. The van der Waals surface area contributed by atoms with E-state index in [1.165, 1.54) is 41.5 Å². The minimum absolute atomic E-state index is 0.711. The van der Waals surface area contributed by atoms with Gasteiger partial charge in [0.15, 0.2) is 0 Å². The van der Waals surface area contributed by atoms with Crippen LogP contribution in [0.15, 0.2) is 29.6 Å². The third kappa shape index (κ3) is 3.05. The number of thiophene rings is 1. The van der Waals surface area contributed by atoms with Crippen LogP contribution in [0.25, 0.3) is 10.1 Å². The summed E-state index contributed by atoms with van der Waals surface area (Å²) < 4.78 is 1.42. The second-order valence-electron chi connectivity index (χ2n) is 5.68. The van der Waals surface area contributed by atoms with Crippen LogP contribution < -0.4 is 5.32 Å². The second kappa shape index (κ2) is 6.70. The van der Waals surface area contributed by atoms with Crippen LogP contribution in [0.2, 0.25) is 0 Å². The van der Waals surface area contributed by atoms with Crippen LogP contribution in [0.5, 0.6) is 0 Å². The van der Waals surface area contributed by atoms with E-state index in [0.717, 1.165) is 19.6 Å². The zero-order chi connectivity index (χ0) is 13.8. The normalized spacial score (nSPS) is 20.6. The zero-order valence-electron chi connectivity index (χ0n) is 12.3. The fourth-order valence-electron chi connectivity index (χ4n) is 3.18. The SMILES string of the molecule is CCNCC1CCCCN1Cc1csc2ccccc12. The number of nitrogens with one attached hydrogen (secondary N) is 1. The van der Waals surface area contributed by atoms with Gasteiger partial charge in [-0.15, -0.1) is 11.3 Å². The molecule has 2 heterocycles. The van der Waals surface area contributed by atoms with Crippen molar-refractivity contribution >= 4 is 21.4 Å². The highest BCUT2D eigenvalue weighted by Crippen LogP contribution is 2.28. The summed E-state index contributed by atoms with van der Waals surface area (Å²) in [5.74, 6) is 0. The van der Waals surface area contributed by atoms with E-state index < -0.39 is 0 Å². The van der Waals surface area contributed by atoms with Gasteiger partial charge in [0.1, 0.15) is 0 Å². The summed E-state index contributed by atoms with van der Waals surface area (Å²) >= 11 is 1.88. The van der Waals surface area contributed by atoms with Gasteiger partial charge in [-0.2, -0.15) is 0 Å². The van der Waals surface area contributed by atoms with Gasteiger partial charge in [-0.3, -0.25) is 4.90 Å². The lowest BCUT2D eigenvalue weighted by Gasteiger charge is -2.35. The van der Waals surface area contributed by atoms with Crippen LogP contribution in [-0.4, -0.2) is 30.6 Å². The van der Waals surface area contributed by atoms with E-state index in [0.29, 0.717) is 6.04 Å². The van der Waals surface area contributed by atoms with Gasteiger partial charge >= 0.3 is 0 Å². The Morgan fingerprint density at radius 3 is 3.10 bits per heavy atom. The van der Waals surface area contributed by atoms with Crippen molar-refractivity contribution in [2.45, 2.75) is 38.8 Å². The topological polar surface area (TPSA) is 15.3 Å². The molecule has 1 saturated heterocycles. The molecule has 108 valence electrons. The van der Waals surface area contributed by atoms with Crippen LogP contribution in [0.3, 0.4) is 0 Å². The predicted molar refractivity (Wildman–Crippen MR) is 88.4 cm³/mol. The smallest absolute Gasteiger partial charge is 0.0346 e. The number of rotatable bonds is 5. The molecule has 2 nitrogen and oxygen atoms in total. The van der Waals surface area contributed by atoms with Gasteiger partial charge in [-0.25, -0.2) is 0 Å². The highest BCUT2D eigenvalue weighted by molar-refractivity contribution is 7.17. The molecule has 0 radical (unpaired) electrons. The quantitative estimate of drug-likeness (QED) is 0.898. The molecule has 1 N–H and O–H groups in total. The maximum absolute atomic E-state index is 3.53. The van der Waals surface area contributed by atoms with Crippen molar-refractivity contribution in [1.29, 1.82) is 0 Å². The predicted octanol–water partition coefficient (Wildman–Crippen LogP) is 3.87. The Bertz CT molecular complexity index is 549. The lowest BCUT2D eigenvalue weighted by atomic mass is 10.0. The molecule has 1 aromatic carbocycles. The van der Waals surface area contributed by atoms with Crippen LogP contribution in [0, 0.1) is 0 Å². The van der Waals surface area contributed by atoms with Crippen molar-refractivity contribution in [3.63, 3.8) is 0 Å². The number of piperidine rings is 1. The molecule has 3 rings (SSSR count). The van der Waals surface area contributed by atoms with Gasteiger partial charge < -0.3 is 5.32 Å². The highest BCUT2D eigenvalue weighted by Gasteiger charge is 2.22. The van der Waals surface area contributed by atoms with Crippen molar-refractivity contribution in [2.24, 2.45) is 0 Å². The summed E-state index contributed by atoms with van der Waals surface area (Å²) in [6.45, 7) is 6.77. The van der Waals surface area contributed by atoms with E-state index in [-0.39, 0.29) is 0 Å². The summed E-state index contributed by atoms with van der Waals surface area (Å²) in [4.78, 5) is 2.68. The largest absolute Gasteiger partial charge is 0.315 e. The fourth-order valence-corrected chi connectivity index (χ4v) is 4.14. The van der Waals surface area contributed by atoms with Crippen LogP contribution >= 0.6 is 11.3 Å². The van der Waals surface area contributed by atoms with Gasteiger partial charge in [0.05, 0.1) is 0 Å². The minimum Gasteiger partial charge on any atom is -0.315 e. The van der Waals surface area contributed by atoms with Gasteiger partial charge in [-0.1, -0.05) is 31.5 Å². The Kier molecular flexibility index (Phi) is 4.71. The first-order valence-electron chi connectivity index (χ1n) is 7.78. The molecule has 0 spiro atoms. The molecule has 1 unspecified atom stereocenters. The van der Waals surface area contributed by atoms with Crippen LogP contribution in [-0.2, 0) is 6.54 Å². The first kappa shape index (κ1) is 14.1. The van der Waals surface area contributed by atoms with Crippen molar-refractivity contribution in [3.05, 3.63) is 35.2 Å². The fraction of sp³-hybridized carbons (Fsp3) is 0.529. The molecule has 1 aliphatic heterocycles. The molecule has 0 saturated carbocycles. The van der Waals surface area contributed by atoms with Gasteiger partial charge in [-0.05, 0) is 48.3 Å². The van der Waals surface area contributed by atoms with E-state index in [2.05, 4.69) is 46.8 Å². The number of hydrogen-bond donors (Lipinski definition) is 1. The number of benzene rings is 1. The third-order valence-corrected chi connectivity index (χ3v) is 5.33. The summed E-state index contributed by atoms with van der Waals surface area (Å²) in [7, 11) is 0. The molecule has 3 heteroatoms. The third-order valence-electron chi connectivity index (χ3n) is 4.31. The summed E-state index contributed by atoms with van der Waals surface area (Å²) in [6, 6.07) is 9.50. The number of likely N-dealkylation sites (tertiary alicyclic amines) is 1. The number of fused-ring (bicyclic) bond motifs is 1. The lowest BCUT2D eigenvalue weighted by Crippen LogP contribution is -2.44. The van der Waals surface area contributed by atoms with Gasteiger partial charge in [0, 0.05) is 23.8 Å². The average molecular weight is 288 g/mol. The van der Waals surface area contributed by atoms with Crippen LogP contribution in [0.4, 0.5) is 0 Å². The van der Waals surface area contributed by atoms with Crippen molar-refractivity contribution in [2.75, 3.05) is 19.6 Å². The molecule has 0 aliphatic carbocycles. The molecule has 1 aliphatic rings. The van der Waals surface area contributed by atoms with E-state index in [1.807, 2.05) is 11.3 Å². The Hall–Kier alpha value is -0.900. The second-order valence-corrected chi connectivity index (χ2v) is 6.60. The van der Waals surface area contributed by atoms with Gasteiger partial charge in [0.25, 0.3) is 0 Å². The summed E-state index contributed by atoms with van der Waals surface area (Å²) in [5, 5.41) is 7.33. The van der Waals surface area contributed by atoms with E-state index in [4.69, 9.17) is 0 Å². The summed E-state index contributed by atoms with van der Waals surface area (Å²) in [5.41, 5.74) is 1.51. The maximum atomic E-state index is 3.53. The van der Waals surface area contributed by atoms with Crippen molar-refractivity contribution in [3.8, 4) is 0 Å². The Labute approximate surface area is 125 Å². The molecule has 2 aromatic rings. The average Bonchev–Trinajstić information content (AvgIpc) is 2.90. The molecule has 1 aromatic heterocycles. The summed E-state index contributed by atoms with van der Waals surface area (Å²) in [6.07, 6.45) is 4.08. The Balaban J connectivity index is 1.74. The van der Waals surface area contributed by atoms with E-state index in [9.17, 15) is 0 Å². The molecular weight excluding hydrogens is 264 g/mol. The lowest BCUT2D eigenvalue weighted by molar-refractivity contribution is 0.138. The molecule has 0 amide bonds. The maximum Gasteiger partial charge on any atom is 0.0346 e. The molecule has 0 bridgehead atoms. The van der Waals surface area contributed by atoms with E-state index >= 15 is 0 Å². The van der Waals surface area contributed by atoms with Crippen molar-refractivity contribution < 1.29 is 0 Å². The first-order valence-corrected chi connectivity index (χ1v) is 8.66. The van der Waals surface area contributed by atoms with Crippen LogP contribution in [0.1, 0.15) is 31.7 Å². The first-order chi connectivity index (χ1) is 9.88. The monoisotopic (exact) mass is 288 g/mol. The molecular formula is C17H24N2S. The van der Waals surface area contributed by atoms with Crippen molar-refractivity contribution in [1.82, 2.24) is 10.2 Å².